The zero-order chi connectivity index (χ0) is 12.5. The lowest BCUT2D eigenvalue weighted by molar-refractivity contribution is 0.105. The van der Waals surface area contributed by atoms with Crippen LogP contribution in [0, 0.1) is 0 Å². The molecular formula is C14H23N3O. The van der Waals surface area contributed by atoms with Gasteiger partial charge in [-0.1, -0.05) is 12.8 Å². The lowest BCUT2D eigenvalue weighted by Gasteiger charge is -2.38. The van der Waals surface area contributed by atoms with Crippen molar-refractivity contribution in [2.75, 3.05) is 13.7 Å². The van der Waals surface area contributed by atoms with E-state index < -0.39 is 0 Å². The number of rotatable bonds is 3. The van der Waals surface area contributed by atoms with E-state index >= 15 is 0 Å². The molecule has 1 fully saturated rings. The molecular weight excluding hydrogens is 226 g/mol. The van der Waals surface area contributed by atoms with E-state index in [0.29, 0.717) is 12.6 Å². The van der Waals surface area contributed by atoms with Gasteiger partial charge in [0.15, 0.2) is 0 Å². The molecule has 0 spiro atoms. The van der Waals surface area contributed by atoms with Crippen molar-refractivity contribution in [1.29, 1.82) is 0 Å². The first kappa shape index (κ1) is 12.2. The largest absolute Gasteiger partial charge is 0.378 e. The maximum absolute atomic E-state index is 5.24. The fraction of sp³-hybridized carbons (Fsp3) is 0.786. The normalized spacial score (nSPS) is 25.6. The second-order valence-corrected chi connectivity index (χ2v) is 5.54. The van der Waals surface area contributed by atoms with Gasteiger partial charge in [0.25, 0.3) is 0 Å². The summed E-state index contributed by atoms with van der Waals surface area (Å²) in [5.74, 6) is 1.22. The summed E-state index contributed by atoms with van der Waals surface area (Å²) in [7, 11) is 1.75. The Hall–Kier alpha value is -0.870. The van der Waals surface area contributed by atoms with E-state index in [4.69, 9.17) is 4.74 Å². The predicted octanol–water partition coefficient (Wildman–Crippen LogP) is 2.35. The van der Waals surface area contributed by atoms with Gasteiger partial charge in [-0.25, -0.2) is 4.98 Å². The Bertz CT molecular complexity index is 409. The second-order valence-electron chi connectivity index (χ2n) is 5.54. The Labute approximate surface area is 109 Å². The lowest BCUT2D eigenvalue weighted by Crippen LogP contribution is -2.43. The number of methoxy groups -OCH3 is 1. The van der Waals surface area contributed by atoms with Crippen molar-refractivity contribution < 1.29 is 4.74 Å². The Kier molecular flexibility index (Phi) is 3.39. The fourth-order valence-corrected chi connectivity index (χ4v) is 3.57. The van der Waals surface area contributed by atoms with Crippen LogP contribution in [0.2, 0.25) is 0 Å². The molecule has 0 amide bonds. The van der Waals surface area contributed by atoms with E-state index in [2.05, 4.69) is 21.4 Å². The first-order valence-electron chi connectivity index (χ1n) is 7.10. The molecule has 4 nitrogen and oxygen atoms in total. The van der Waals surface area contributed by atoms with Gasteiger partial charge in [0.2, 0.25) is 0 Å². The minimum atomic E-state index is 0.451. The minimum absolute atomic E-state index is 0.451. The third kappa shape index (κ3) is 1.97. The molecule has 1 atom stereocenters. The number of nitrogens with zero attached hydrogens (tertiary/aromatic N) is 3. The number of imidazole rings is 1. The van der Waals surface area contributed by atoms with Gasteiger partial charge in [0, 0.05) is 26.2 Å². The standard InChI is InChI=1S/C14H23N3O/c1-11-14-15-9-13(10-18-2)17(14)8-7-16(11)12-5-3-4-6-12/h9,11-12H,3-8,10H2,1-2H3/t11-/m1/s1. The Morgan fingerprint density at radius 3 is 2.83 bits per heavy atom. The molecule has 1 aromatic rings. The third-order valence-electron chi connectivity index (χ3n) is 4.51. The number of ether oxygens (including phenoxy) is 1. The van der Waals surface area contributed by atoms with Gasteiger partial charge in [0.1, 0.15) is 5.82 Å². The summed E-state index contributed by atoms with van der Waals surface area (Å²) >= 11 is 0. The van der Waals surface area contributed by atoms with Gasteiger partial charge < -0.3 is 9.30 Å². The van der Waals surface area contributed by atoms with E-state index in [1.165, 1.54) is 37.2 Å². The number of fused-ring (bicyclic) bond motifs is 1. The molecule has 0 radical (unpaired) electrons. The van der Waals surface area contributed by atoms with Crippen LogP contribution in [0.1, 0.15) is 50.2 Å². The molecule has 0 N–H and O–H groups in total. The molecule has 18 heavy (non-hydrogen) atoms. The SMILES string of the molecule is COCc1cnc2n1CCN(C1CCCC1)[C@@H]2C. The molecule has 1 aromatic heterocycles. The van der Waals surface area contributed by atoms with Crippen LogP contribution >= 0.6 is 0 Å². The Morgan fingerprint density at radius 1 is 1.33 bits per heavy atom. The molecule has 1 saturated carbocycles. The summed E-state index contributed by atoms with van der Waals surface area (Å²) in [6, 6.07) is 1.24. The number of hydrogen-bond donors (Lipinski definition) is 0. The smallest absolute Gasteiger partial charge is 0.126 e. The molecule has 0 unspecified atom stereocenters. The molecule has 2 aliphatic rings. The molecule has 4 heteroatoms. The van der Waals surface area contributed by atoms with Gasteiger partial charge in [-0.15, -0.1) is 0 Å². The van der Waals surface area contributed by atoms with Crippen LogP contribution in [0.4, 0.5) is 0 Å². The van der Waals surface area contributed by atoms with Crippen LogP contribution < -0.4 is 0 Å². The van der Waals surface area contributed by atoms with E-state index in [0.717, 1.165) is 19.1 Å². The van der Waals surface area contributed by atoms with Gasteiger partial charge in [-0.05, 0) is 19.8 Å². The molecule has 3 rings (SSSR count). The molecule has 1 aliphatic carbocycles. The molecule has 0 bridgehead atoms. The van der Waals surface area contributed by atoms with Crippen LogP contribution in [0.25, 0.3) is 0 Å². The fourth-order valence-electron chi connectivity index (χ4n) is 3.57. The van der Waals surface area contributed by atoms with E-state index in [9.17, 15) is 0 Å². The predicted molar refractivity (Wildman–Crippen MR) is 70.3 cm³/mol. The zero-order valence-electron chi connectivity index (χ0n) is 11.4. The average Bonchev–Trinajstić information content (AvgIpc) is 3.00. The Morgan fingerprint density at radius 2 is 2.11 bits per heavy atom. The summed E-state index contributed by atoms with van der Waals surface area (Å²) in [4.78, 5) is 7.28. The maximum Gasteiger partial charge on any atom is 0.126 e. The number of aromatic nitrogens is 2. The van der Waals surface area contributed by atoms with Crippen LogP contribution in [0.15, 0.2) is 6.20 Å². The minimum Gasteiger partial charge on any atom is -0.378 e. The van der Waals surface area contributed by atoms with Crippen LogP contribution in [0.3, 0.4) is 0 Å². The highest BCUT2D eigenvalue weighted by Crippen LogP contribution is 2.33. The molecule has 2 heterocycles. The highest BCUT2D eigenvalue weighted by molar-refractivity contribution is 5.11. The molecule has 100 valence electrons. The van der Waals surface area contributed by atoms with Crippen molar-refractivity contribution in [1.82, 2.24) is 14.5 Å². The van der Waals surface area contributed by atoms with Crippen molar-refractivity contribution in [3.8, 4) is 0 Å². The van der Waals surface area contributed by atoms with Crippen LogP contribution in [-0.2, 0) is 17.9 Å². The second kappa shape index (κ2) is 5.02. The van der Waals surface area contributed by atoms with Crippen molar-refractivity contribution in [2.45, 2.75) is 57.8 Å². The lowest BCUT2D eigenvalue weighted by atomic mass is 10.1. The van der Waals surface area contributed by atoms with Crippen molar-refractivity contribution in [3.63, 3.8) is 0 Å². The summed E-state index contributed by atoms with van der Waals surface area (Å²) in [5.41, 5.74) is 1.21. The van der Waals surface area contributed by atoms with Crippen molar-refractivity contribution in [2.24, 2.45) is 0 Å². The zero-order valence-corrected chi connectivity index (χ0v) is 11.4. The highest BCUT2D eigenvalue weighted by Gasteiger charge is 2.32. The average molecular weight is 249 g/mol. The van der Waals surface area contributed by atoms with Gasteiger partial charge in [-0.2, -0.15) is 0 Å². The summed E-state index contributed by atoms with van der Waals surface area (Å²) < 4.78 is 7.59. The highest BCUT2D eigenvalue weighted by atomic mass is 16.5. The summed E-state index contributed by atoms with van der Waals surface area (Å²) in [6.07, 6.45) is 7.52. The first-order chi connectivity index (χ1) is 8.81. The maximum atomic E-state index is 5.24. The molecule has 0 aromatic carbocycles. The quantitative estimate of drug-likeness (QED) is 0.823. The van der Waals surface area contributed by atoms with Crippen molar-refractivity contribution in [3.05, 3.63) is 17.7 Å². The van der Waals surface area contributed by atoms with Crippen LogP contribution in [-0.4, -0.2) is 34.1 Å². The Balaban J connectivity index is 1.81. The van der Waals surface area contributed by atoms with Crippen molar-refractivity contribution >= 4 is 0 Å². The van der Waals surface area contributed by atoms with Gasteiger partial charge in [0.05, 0.1) is 24.5 Å². The third-order valence-corrected chi connectivity index (χ3v) is 4.51. The first-order valence-corrected chi connectivity index (χ1v) is 7.10. The van der Waals surface area contributed by atoms with Gasteiger partial charge >= 0.3 is 0 Å². The monoisotopic (exact) mass is 249 g/mol. The van der Waals surface area contributed by atoms with E-state index in [1.54, 1.807) is 7.11 Å². The molecule has 1 aliphatic heterocycles. The topological polar surface area (TPSA) is 30.3 Å². The van der Waals surface area contributed by atoms with Gasteiger partial charge in [-0.3, -0.25) is 4.90 Å². The molecule has 0 saturated heterocycles. The summed E-state index contributed by atoms with van der Waals surface area (Å²) in [6.45, 7) is 5.19. The van der Waals surface area contributed by atoms with Crippen LogP contribution in [0.5, 0.6) is 0 Å². The van der Waals surface area contributed by atoms with E-state index in [-0.39, 0.29) is 0 Å². The number of hydrogen-bond acceptors (Lipinski definition) is 3. The van der Waals surface area contributed by atoms with E-state index in [1.807, 2.05) is 6.20 Å². The summed E-state index contributed by atoms with van der Waals surface area (Å²) in [5, 5.41) is 0.